The molecular weight excluding hydrogens is 336 g/mol. The van der Waals surface area contributed by atoms with Gasteiger partial charge in [0.15, 0.2) is 0 Å². The zero-order valence-corrected chi connectivity index (χ0v) is 17.4. The standard InChI is InChI=1S/C20H32O6/c1-13(15(21)24-8)11-18(3,4)20(7,17(23)26-10)12-14(2)19(5,6)16(22)25-9/h12H,1,11H2,2-10H3/b14-12+. The normalized spacial score (nSPS) is 14.9. The van der Waals surface area contributed by atoms with E-state index in [9.17, 15) is 14.4 Å². The second-order valence-electron chi connectivity index (χ2n) is 7.79. The summed E-state index contributed by atoms with van der Waals surface area (Å²) in [5, 5.41) is 0. The van der Waals surface area contributed by atoms with Crippen LogP contribution in [0, 0.1) is 16.2 Å². The van der Waals surface area contributed by atoms with Gasteiger partial charge in [-0.2, -0.15) is 0 Å². The highest BCUT2D eigenvalue weighted by Gasteiger charge is 2.48. The zero-order chi connectivity index (χ0) is 20.9. The second kappa shape index (κ2) is 8.52. The SMILES string of the molecule is C=C(CC(C)(C)C(C)(/C=C(\C)C(C)(C)C(=O)OC)C(=O)OC)C(=O)OC. The van der Waals surface area contributed by atoms with Gasteiger partial charge in [-0.25, -0.2) is 4.79 Å². The van der Waals surface area contributed by atoms with Crippen molar-refractivity contribution in [3.63, 3.8) is 0 Å². The summed E-state index contributed by atoms with van der Waals surface area (Å²) in [4.78, 5) is 36.5. The van der Waals surface area contributed by atoms with Crippen molar-refractivity contribution in [3.05, 3.63) is 23.8 Å². The molecule has 0 saturated heterocycles. The van der Waals surface area contributed by atoms with E-state index < -0.39 is 34.2 Å². The Labute approximate surface area is 156 Å². The van der Waals surface area contributed by atoms with Crippen LogP contribution < -0.4 is 0 Å². The van der Waals surface area contributed by atoms with Gasteiger partial charge in [-0.3, -0.25) is 9.59 Å². The molecule has 0 aromatic carbocycles. The van der Waals surface area contributed by atoms with Gasteiger partial charge < -0.3 is 14.2 Å². The summed E-state index contributed by atoms with van der Waals surface area (Å²) >= 11 is 0. The molecule has 0 spiro atoms. The molecule has 1 atom stereocenters. The Bertz CT molecular complexity index is 612. The van der Waals surface area contributed by atoms with Gasteiger partial charge in [-0.05, 0) is 39.5 Å². The fourth-order valence-electron chi connectivity index (χ4n) is 2.71. The summed E-state index contributed by atoms with van der Waals surface area (Å²) in [6.45, 7) is 14.4. The largest absolute Gasteiger partial charge is 0.468 e. The molecule has 0 aliphatic carbocycles. The van der Waals surface area contributed by atoms with E-state index in [-0.39, 0.29) is 12.0 Å². The number of hydrogen-bond donors (Lipinski definition) is 0. The Morgan fingerprint density at radius 2 is 1.35 bits per heavy atom. The molecule has 0 radical (unpaired) electrons. The molecule has 6 heteroatoms. The topological polar surface area (TPSA) is 78.9 Å². The lowest BCUT2D eigenvalue weighted by Crippen LogP contribution is -2.43. The third-order valence-corrected chi connectivity index (χ3v) is 5.33. The molecule has 0 fully saturated rings. The molecule has 26 heavy (non-hydrogen) atoms. The van der Waals surface area contributed by atoms with Crippen LogP contribution in [0.25, 0.3) is 0 Å². The summed E-state index contributed by atoms with van der Waals surface area (Å²) in [6, 6.07) is 0. The van der Waals surface area contributed by atoms with Crippen molar-refractivity contribution in [2.75, 3.05) is 21.3 Å². The maximum atomic E-state index is 12.7. The summed E-state index contributed by atoms with van der Waals surface area (Å²) in [6.07, 6.45) is 1.94. The summed E-state index contributed by atoms with van der Waals surface area (Å²) in [5.41, 5.74) is -1.85. The van der Waals surface area contributed by atoms with Gasteiger partial charge in [0.05, 0.1) is 32.2 Å². The Balaban J connectivity index is 6.18. The number of carbonyl (C=O) groups is 3. The van der Waals surface area contributed by atoms with Crippen LogP contribution in [0.5, 0.6) is 0 Å². The highest BCUT2D eigenvalue weighted by Crippen LogP contribution is 2.47. The average Bonchev–Trinajstić information content (AvgIpc) is 2.58. The first-order valence-electron chi connectivity index (χ1n) is 8.34. The monoisotopic (exact) mass is 368 g/mol. The quantitative estimate of drug-likeness (QED) is 0.283. The molecule has 0 bridgehead atoms. The molecule has 1 unspecified atom stereocenters. The van der Waals surface area contributed by atoms with E-state index in [1.54, 1.807) is 33.8 Å². The van der Waals surface area contributed by atoms with E-state index in [1.165, 1.54) is 21.3 Å². The first-order valence-corrected chi connectivity index (χ1v) is 8.34. The molecular formula is C20H32O6. The van der Waals surface area contributed by atoms with Gasteiger partial charge >= 0.3 is 17.9 Å². The van der Waals surface area contributed by atoms with Gasteiger partial charge in [0, 0.05) is 5.57 Å². The lowest BCUT2D eigenvalue weighted by atomic mass is 9.62. The third-order valence-electron chi connectivity index (χ3n) is 5.33. The Kier molecular flexibility index (Phi) is 7.82. The van der Waals surface area contributed by atoms with E-state index in [1.807, 2.05) is 13.8 Å². The number of esters is 3. The predicted octanol–water partition coefficient (Wildman–Crippen LogP) is 3.46. The fraction of sp³-hybridized carbons (Fsp3) is 0.650. The average molecular weight is 368 g/mol. The van der Waals surface area contributed by atoms with Crippen molar-refractivity contribution < 1.29 is 28.6 Å². The Morgan fingerprint density at radius 3 is 1.73 bits per heavy atom. The lowest BCUT2D eigenvalue weighted by Gasteiger charge is -2.41. The number of hydrogen-bond acceptors (Lipinski definition) is 6. The number of ether oxygens (including phenoxy) is 3. The second-order valence-corrected chi connectivity index (χ2v) is 7.79. The smallest absolute Gasteiger partial charge is 0.333 e. The minimum absolute atomic E-state index is 0.216. The highest BCUT2D eigenvalue weighted by molar-refractivity contribution is 5.88. The lowest BCUT2D eigenvalue weighted by molar-refractivity contribution is -0.156. The van der Waals surface area contributed by atoms with Crippen LogP contribution in [-0.2, 0) is 28.6 Å². The van der Waals surface area contributed by atoms with Gasteiger partial charge in [-0.1, -0.05) is 32.1 Å². The van der Waals surface area contributed by atoms with Crippen molar-refractivity contribution in [1.82, 2.24) is 0 Å². The fourth-order valence-corrected chi connectivity index (χ4v) is 2.71. The highest BCUT2D eigenvalue weighted by atomic mass is 16.5. The van der Waals surface area contributed by atoms with Crippen LogP contribution >= 0.6 is 0 Å². The minimum atomic E-state index is -1.12. The van der Waals surface area contributed by atoms with Gasteiger partial charge in [0.1, 0.15) is 0 Å². The third kappa shape index (κ3) is 4.74. The molecule has 6 nitrogen and oxygen atoms in total. The molecule has 0 saturated carbocycles. The van der Waals surface area contributed by atoms with E-state index in [0.29, 0.717) is 5.57 Å². The maximum Gasteiger partial charge on any atom is 0.333 e. The van der Waals surface area contributed by atoms with Crippen molar-refractivity contribution in [3.8, 4) is 0 Å². The van der Waals surface area contributed by atoms with Crippen LogP contribution in [-0.4, -0.2) is 39.2 Å². The summed E-state index contributed by atoms with van der Waals surface area (Å²) < 4.78 is 14.6. The summed E-state index contributed by atoms with van der Waals surface area (Å²) in [7, 11) is 3.91. The van der Waals surface area contributed by atoms with E-state index in [2.05, 4.69) is 6.58 Å². The predicted molar refractivity (Wildman–Crippen MR) is 99.2 cm³/mol. The van der Waals surface area contributed by atoms with Crippen molar-refractivity contribution in [2.45, 2.75) is 48.0 Å². The van der Waals surface area contributed by atoms with Crippen LogP contribution in [0.2, 0.25) is 0 Å². The van der Waals surface area contributed by atoms with Gasteiger partial charge in [0.2, 0.25) is 0 Å². The number of methoxy groups -OCH3 is 3. The van der Waals surface area contributed by atoms with Crippen molar-refractivity contribution in [1.29, 1.82) is 0 Å². The Morgan fingerprint density at radius 1 is 0.885 bits per heavy atom. The zero-order valence-electron chi connectivity index (χ0n) is 17.4. The van der Waals surface area contributed by atoms with E-state index in [4.69, 9.17) is 14.2 Å². The molecule has 0 aromatic rings. The van der Waals surface area contributed by atoms with Crippen molar-refractivity contribution >= 4 is 17.9 Å². The van der Waals surface area contributed by atoms with Gasteiger partial charge in [0.25, 0.3) is 0 Å². The van der Waals surface area contributed by atoms with E-state index in [0.717, 1.165) is 0 Å². The molecule has 0 aliphatic heterocycles. The van der Waals surface area contributed by atoms with Gasteiger partial charge in [-0.15, -0.1) is 0 Å². The molecule has 0 N–H and O–H groups in total. The van der Waals surface area contributed by atoms with Crippen molar-refractivity contribution in [2.24, 2.45) is 16.2 Å². The first-order chi connectivity index (χ1) is 11.7. The Hall–Kier alpha value is -2.11. The molecule has 0 aliphatic rings. The summed E-state index contributed by atoms with van der Waals surface area (Å²) in [5.74, 6) is -1.41. The number of rotatable bonds is 8. The van der Waals surface area contributed by atoms with E-state index >= 15 is 0 Å². The maximum absolute atomic E-state index is 12.7. The molecule has 0 aromatic heterocycles. The number of carbonyl (C=O) groups excluding carboxylic acids is 3. The van der Waals surface area contributed by atoms with Crippen LogP contribution in [0.4, 0.5) is 0 Å². The minimum Gasteiger partial charge on any atom is -0.468 e. The van der Waals surface area contributed by atoms with Crippen LogP contribution in [0.3, 0.4) is 0 Å². The molecule has 148 valence electrons. The molecule has 0 heterocycles. The molecule has 0 rings (SSSR count). The first kappa shape index (κ1) is 23.9. The molecule has 0 amide bonds. The van der Waals surface area contributed by atoms with Crippen LogP contribution in [0.15, 0.2) is 23.8 Å². The van der Waals surface area contributed by atoms with Crippen LogP contribution in [0.1, 0.15) is 48.0 Å².